The molecule has 4 heterocycles. The molecule has 1 fully saturated rings. The number of carbonyl (C=O) groups excluding carboxylic acids is 2. The quantitative estimate of drug-likeness (QED) is 0.292. The average Bonchev–Trinajstić information content (AvgIpc) is 3.44. The Morgan fingerprint density at radius 2 is 1.88 bits per heavy atom. The van der Waals surface area contributed by atoms with Crippen molar-refractivity contribution in [3.05, 3.63) is 54.0 Å². The first kappa shape index (κ1) is 22.7. The van der Waals surface area contributed by atoms with Crippen molar-refractivity contribution >= 4 is 38.2 Å². The second-order valence-corrected chi connectivity index (χ2v) is 9.87. The number of ketones is 1. The molecule has 1 amide bonds. The zero-order valence-electron chi connectivity index (χ0n) is 19.4. The van der Waals surface area contributed by atoms with E-state index >= 15 is 0 Å². The first-order chi connectivity index (χ1) is 16.6. The number of piperidine rings is 1. The van der Waals surface area contributed by atoms with Crippen molar-refractivity contribution in [2.45, 2.75) is 38.5 Å². The molecule has 5 rings (SSSR count). The molecule has 0 unspecified atom stereocenters. The molecular weight excluding hydrogens is 446 g/mol. The van der Waals surface area contributed by atoms with E-state index < -0.39 is 0 Å². The number of likely N-dealkylation sites (tertiary alicyclic amines) is 1. The first-order valence-electron chi connectivity index (χ1n) is 12.0. The Labute approximate surface area is 202 Å². The van der Waals surface area contributed by atoms with Crippen molar-refractivity contribution in [1.29, 1.82) is 0 Å². The fourth-order valence-electron chi connectivity index (χ4n) is 4.56. The SMILES string of the molecule is CNC(=O)c1ccc(-c2cn3c(n2)sc2cc(C(=O)CCCCN4CCCCC4)ncc23)cc1. The summed E-state index contributed by atoms with van der Waals surface area (Å²) in [7, 11) is 1.62. The number of fused-ring (bicyclic) bond motifs is 3. The van der Waals surface area contributed by atoms with Crippen LogP contribution >= 0.6 is 11.3 Å². The van der Waals surface area contributed by atoms with Gasteiger partial charge in [-0.25, -0.2) is 4.98 Å². The molecule has 1 aliphatic heterocycles. The van der Waals surface area contributed by atoms with Gasteiger partial charge in [-0.1, -0.05) is 29.9 Å². The number of carbonyl (C=O) groups is 2. The number of hydrogen-bond donors (Lipinski definition) is 1. The van der Waals surface area contributed by atoms with Crippen LogP contribution in [-0.2, 0) is 0 Å². The van der Waals surface area contributed by atoms with Gasteiger partial charge >= 0.3 is 0 Å². The predicted octanol–water partition coefficient (Wildman–Crippen LogP) is 4.81. The highest BCUT2D eigenvalue weighted by atomic mass is 32.1. The Morgan fingerprint density at radius 1 is 1.09 bits per heavy atom. The van der Waals surface area contributed by atoms with Gasteiger partial charge in [0.05, 0.1) is 22.1 Å². The van der Waals surface area contributed by atoms with Crippen LogP contribution in [0.3, 0.4) is 0 Å². The van der Waals surface area contributed by atoms with E-state index in [1.165, 1.54) is 32.4 Å². The van der Waals surface area contributed by atoms with Gasteiger partial charge in [-0.3, -0.25) is 19.0 Å². The molecule has 0 atom stereocenters. The van der Waals surface area contributed by atoms with Gasteiger partial charge in [-0.15, -0.1) is 0 Å². The maximum atomic E-state index is 12.7. The van der Waals surface area contributed by atoms with E-state index in [9.17, 15) is 9.59 Å². The van der Waals surface area contributed by atoms with Crippen molar-refractivity contribution in [2.75, 3.05) is 26.7 Å². The number of nitrogens with zero attached hydrogens (tertiary/aromatic N) is 4. The summed E-state index contributed by atoms with van der Waals surface area (Å²) in [5.41, 5.74) is 3.89. The van der Waals surface area contributed by atoms with E-state index in [4.69, 9.17) is 4.98 Å². The van der Waals surface area contributed by atoms with Crippen molar-refractivity contribution in [3.63, 3.8) is 0 Å². The predicted molar refractivity (Wildman–Crippen MR) is 136 cm³/mol. The van der Waals surface area contributed by atoms with E-state index in [2.05, 4.69) is 15.2 Å². The number of aromatic nitrogens is 3. The number of rotatable bonds is 8. The minimum Gasteiger partial charge on any atom is -0.355 e. The lowest BCUT2D eigenvalue weighted by Crippen LogP contribution is -2.30. The Bertz CT molecular complexity index is 1320. The molecule has 0 bridgehead atoms. The summed E-state index contributed by atoms with van der Waals surface area (Å²) in [6.45, 7) is 3.50. The lowest BCUT2D eigenvalue weighted by atomic mass is 10.1. The normalized spacial score (nSPS) is 14.6. The molecule has 4 aromatic rings. The summed E-state index contributed by atoms with van der Waals surface area (Å²) < 4.78 is 3.03. The van der Waals surface area contributed by atoms with E-state index in [0.29, 0.717) is 17.7 Å². The molecule has 34 heavy (non-hydrogen) atoms. The molecule has 1 saturated heterocycles. The maximum absolute atomic E-state index is 12.7. The lowest BCUT2D eigenvalue weighted by molar-refractivity contribution is 0.0958. The summed E-state index contributed by atoms with van der Waals surface area (Å²) in [6.07, 6.45) is 10.2. The topological polar surface area (TPSA) is 79.6 Å². The summed E-state index contributed by atoms with van der Waals surface area (Å²) in [4.78, 5) is 37.1. The maximum Gasteiger partial charge on any atom is 0.251 e. The average molecular weight is 476 g/mol. The van der Waals surface area contributed by atoms with E-state index in [1.54, 1.807) is 36.7 Å². The molecule has 0 aliphatic carbocycles. The molecule has 1 N–H and O–H groups in total. The van der Waals surface area contributed by atoms with Gasteiger partial charge in [0.1, 0.15) is 5.69 Å². The molecule has 8 heteroatoms. The van der Waals surface area contributed by atoms with Crippen LogP contribution in [0.2, 0.25) is 0 Å². The minimum absolute atomic E-state index is 0.109. The molecule has 1 aliphatic rings. The van der Waals surface area contributed by atoms with Crippen molar-refractivity contribution in [1.82, 2.24) is 24.6 Å². The van der Waals surface area contributed by atoms with Gasteiger partial charge in [0.15, 0.2) is 10.7 Å². The lowest BCUT2D eigenvalue weighted by Gasteiger charge is -2.26. The molecule has 176 valence electrons. The Hall–Kier alpha value is -3.10. The molecule has 1 aromatic carbocycles. The number of nitrogens with one attached hydrogen (secondary N) is 1. The summed E-state index contributed by atoms with van der Waals surface area (Å²) in [5, 5.41) is 2.63. The van der Waals surface area contributed by atoms with Crippen LogP contribution in [-0.4, -0.2) is 57.6 Å². The van der Waals surface area contributed by atoms with Crippen LogP contribution in [0.5, 0.6) is 0 Å². The van der Waals surface area contributed by atoms with Crippen molar-refractivity contribution in [3.8, 4) is 11.3 Å². The van der Waals surface area contributed by atoms with Crippen LogP contribution in [0.25, 0.3) is 26.4 Å². The largest absolute Gasteiger partial charge is 0.355 e. The number of imidazole rings is 1. The Kier molecular flexibility index (Phi) is 6.69. The number of hydrogen-bond acceptors (Lipinski definition) is 6. The molecule has 7 nitrogen and oxygen atoms in total. The van der Waals surface area contributed by atoms with Gasteiger partial charge in [0.2, 0.25) is 0 Å². The number of amides is 1. The standard InChI is InChI=1S/C26H29N5O2S/c1-27-25(33)19-10-8-18(9-11-19)21-17-31-22-16-28-20(15-24(22)34-26(31)29-21)23(32)7-3-6-14-30-12-4-2-5-13-30/h8-11,15-17H,2-7,12-14H2,1H3,(H,27,33). The van der Waals surface area contributed by atoms with Gasteiger partial charge in [-0.05, 0) is 63.5 Å². The van der Waals surface area contributed by atoms with Gasteiger partial charge < -0.3 is 10.2 Å². The van der Waals surface area contributed by atoms with Crippen LogP contribution in [0.15, 0.2) is 42.7 Å². The van der Waals surface area contributed by atoms with Crippen LogP contribution in [0.4, 0.5) is 0 Å². The number of thiazole rings is 1. The highest BCUT2D eigenvalue weighted by Gasteiger charge is 2.15. The highest BCUT2D eigenvalue weighted by molar-refractivity contribution is 7.23. The van der Waals surface area contributed by atoms with Crippen LogP contribution in [0.1, 0.15) is 59.4 Å². The minimum atomic E-state index is -0.109. The van der Waals surface area contributed by atoms with E-state index in [0.717, 1.165) is 45.8 Å². The monoisotopic (exact) mass is 475 g/mol. The third kappa shape index (κ3) is 4.74. The molecule has 3 aromatic heterocycles. The number of Topliss-reactive ketones (excluding diaryl/α,β-unsaturated/α-hetero) is 1. The van der Waals surface area contributed by atoms with Gasteiger partial charge in [0, 0.05) is 30.8 Å². The fourth-order valence-corrected chi connectivity index (χ4v) is 5.58. The molecular formula is C26H29N5O2S. The highest BCUT2D eigenvalue weighted by Crippen LogP contribution is 2.30. The summed E-state index contributed by atoms with van der Waals surface area (Å²) >= 11 is 1.56. The molecule has 0 spiro atoms. The summed E-state index contributed by atoms with van der Waals surface area (Å²) in [6, 6.07) is 9.30. The molecule has 0 radical (unpaired) electrons. The number of pyridine rings is 1. The van der Waals surface area contributed by atoms with Gasteiger partial charge in [0.25, 0.3) is 5.91 Å². The van der Waals surface area contributed by atoms with Crippen LogP contribution < -0.4 is 5.32 Å². The van der Waals surface area contributed by atoms with Crippen LogP contribution in [0, 0.1) is 0 Å². The number of benzene rings is 1. The summed E-state index contributed by atoms with van der Waals surface area (Å²) in [5.74, 6) is 0.00488. The van der Waals surface area contributed by atoms with E-state index in [1.807, 2.05) is 28.8 Å². The third-order valence-corrected chi connectivity index (χ3v) is 7.53. The Balaban J connectivity index is 1.25. The first-order valence-corrected chi connectivity index (χ1v) is 12.8. The van der Waals surface area contributed by atoms with E-state index in [-0.39, 0.29) is 11.7 Å². The second-order valence-electron chi connectivity index (χ2n) is 8.86. The smallest absolute Gasteiger partial charge is 0.251 e. The zero-order valence-corrected chi connectivity index (χ0v) is 20.2. The zero-order chi connectivity index (χ0) is 23.5. The number of unbranched alkanes of at least 4 members (excludes halogenated alkanes) is 1. The fraction of sp³-hybridized carbons (Fsp3) is 0.385. The van der Waals surface area contributed by atoms with Crippen molar-refractivity contribution in [2.24, 2.45) is 0 Å². The third-order valence-electron chi connectivity index (χ3n) is 6.51. The second kappa shape index (κ2) is 10.0. The molecule has 0 saturated carbocycles. The Morgan fingerprint density at radius 3 is 2.65 bits per heavy atom. The van der Waals surface area contributed by atoms with Gasteiger partial charge in [-0.2, -0.15) is 0 Å². The van der Waals surface area contributed by atoms with Crippen molar-refractivity contribution < 1.29 is 9.59 Å².